The fourth-order valence-corrected chi connectivity index (χ4v) is 1.54. The van der Waals surface area contributed by atoms with Crippen LogP contribution in [0.1, 0.15) is 18.1 Å². The lowest BCUT2D eigenvalue weighted by atomic mass is 10.0. The number of benzene rings is 1. The number of nitro groups is 1. The molecule has 0 spiro atoms. The zero-order valence-electron chi connectivity index (χ0n) is 10.9. The SMILES string of the molecule is C=CCC(O)c1cc(OCC(=O)OC)ccc1[N+](=O)[O-]. The molecule has 0 aliphatic carbocycles. The van der Waals surface area contributed by atoms with Gasteiger partial charge in [-0.05, 0) is 18.6 Å². The van der Waals surface area contributed by atoms with Gasteiger partial charge in [0.15, 0.2) is 6.61 Å². The van der Waals surface area contributed by atoms with E-state index in [1.807, 2.05) is 0 Å². The highest BCUT2D eigenvalue weighted by atomic mass is 16.6. The molecule has 0 saturated carbocycles. The van der Waals surface area contributed by atoms with Gasteiger partial charge in [0.05, 0.1) is 23.7 Å². The van der Waals surface area contributed by atoms with Gasteiger partial charge < -0.3 is 14.6 Å². The molecule has 0 aliphatic heterocycles. The summed E-state index contributed by atoms with van der Waals surface area (Å²) in [5.41, 5.74) is -0.109. The third kappa shape index (κ3) is 4.06. The van der Waals surface area contributed by atoms with Gasteiger partial charge in [-0.25, -0.2) is 4.79 Å². The number of hydrogen-bond acceptors (Lipinski definition) is 6. The van der Waals surface area contributed by atoms with E-state index in [-0.39, 0.29) is 30.0 Å². The fraction of sp³-hybridized carbons (Fsp3) is 0.308. The van der Waals surface area contributed by atoms with Crippen molar-refractivity contribution in [3.63, 3.8) is 0 Å². The lowest BCUT2D eigenvalue weighted by Crippen LogP contribution is -2.13. The molecule has 1 atom stereocenters. The molecule has 1 unspecified atom stereocenters. The van der Waals surface area contributed by atoms with Gasteiger partial charge in [0.2, 0.25) is 0 Å². The summed E-state index contributed by atoms with van der Waals surface area (Å²) in [6.45, 7) is 3.16. The zero-order chi connectivity index (χ0) is 15.1. The minimum atomic E-state index is -1.06. The summed E-state index contributed by atoms with van der Waals surface area (Å²) in [5, 5.41) is 20.8. The Labute approximate surface area is 115 Å². The Morgan fingerprint density at radius 1 is 1.60 bits per heavy atom. The molecule has 0 bridgehead atoms. The molecule has 0 aromatic heterocycles. The van der Waals surface area contributed by atoms with E-state index < -0.39 is 17.0 Å². The van der Waals surface area contributed by atoms with Gasteiger partial charge in [0.25, 0.3) is 5.69 Å². The minimum absolute atomic E-state index is 0.109. The van der Waals surface area contributed by atoms with Crippen LogP contribution in [-0.4, -0.2) is 29.7 Å². The lowest BCUT2D eigenvalue weighted by molar-refractivity contribution is -0.386. The van der Waals surface area contributed by atoms with Crippen molar-refractivity contribution >= 4 is 11.7 Å². The van der Waals surface area contributed by atoms with Crippen molar-refractivity contribution in [1.82, 2.24) is 0 Å². The van der Waals surface area contributed by atoms with Crippen molar-refractivity contribution in [2.75, 3.05) is 13.7 Å². The van der Waals surface area contributed by atoms with E-state index in [2.05, 4.69) is 11.3 Å². The van der Waals surface area contributed by atoms with Crippen LogP contribution >= 0.6 is 0 Å². The summed E-state index contributed by atoms with van der Waals surface area (Å²) in [6, 6.07) is 3.90. The predicted molar refractivity (Wildman–Crippen MR) is 70.4 cm³/mol. The van der Waals surface area contributed by atoms with Crippen LogP contribution in [0.3, 0.4) is 0 Å². The van der Waals surface area contributed by atoms with Gasteiger partial charge in [-0.15, -0.1) is 6.58 Å². The van der Waals surface area contributed by atoms with E-state index in [1.54, 1.807) is 0 Å². The van der Waals surface area contributed by atoms with E-state index in [0.29, 0.717) is 0 Å². The van der Waals surface area contributed by atoms with Crippen molar-refractivity contribution in [3.05, 3.63) is 46.5 Å². The first-order valence-corrected chi connectivity index (χ1v) is 5.76. The van der Waals surface area contributed by atoms with Gasteiger partial charge in [-0.2, -0.15) is 0 Å². The van der Waals surface area contributed by atoms with Gasteiger partial charge in [0, 0.05) is 6.07 Å². The minimum Gasteiger partial charge on any atom is -0.482 e. The average Bonchev–Trinajstić information content (AvgIpc) is 2.44. The molecule has 0 aliphatic rings. The first-order chi connectivity index (χ1) is 9.49. The summed E-state index contributed by atoms with van der Waals surface area (Å²) in [7, 11) is 1.22. The van der Waals surface area contributed by atoms with E-state index >= 15 is 0 Å². The normalized spacial score (nSPS) is 11.5. The van der Waals surface area contributed by atoms with Crippen LogP contribution in [-0.2, 0) is 9.53 Å². The van der Waals surface area contributed by atoms with E-state index in [9.17, 15) is 20.0 Å². The number of ether oxygens (including phenoxy) is 2. The van der Waals surface area contributed by atoms with Crippen LogP contribution in [0.2, 0.25) is 0 Å². The molecule has 0 radical (unpaired) electrons. The monoisotopic (exact) mass is 281 g/mol. The molecule has 1 N–H and O–H groups in total. The van der Waals surface area contributed by atoms with Crippen molar-refractivity contribution in [2.45, 2.75) is 12.5 Å². The predicted octanol–water partition coefficient (Wildman–Crippen LogP) is 1.76. The van der Waals surface area contributed by atoms with Crippen molar-refractivity contribution < 1.29 is 24.3 Å². The number of nitrogens with zero attached hydrogens (tertiary/aromatic N) is 1. The molecule has 1 aromatic carbocycles. The maximum atomic E-state index is 11.0. The molecule has 1 rings (SSSR count). The number of aliphatic hydroxyl groups is 1. The molecule has 20 heavy (non-hydrogen) atoms. The van der Waals surface area contributed by atoms with Gasteiger partial charge in [-0.3, -0.25) is 10.1 Å². The molecular formula is C13H15NO6. The summed E-state index contributed by atoms with van der Waals surface area (Å²) in [4.78, 5) is 21.3. The highest BCUT2D eigenvalue weighted by Crippen LogP contribution is 2.31. The standard InChI is InChI=1S/C13H15NO6/c1-3-4-12(15)10-7-9(20-8-13(16)19-2)5-6-11(10)14(17)18/h3,5-7,12,15H,1,4,8H2,2H3. The Morgan fingerprint density at radius 2 is 2.30 bits per heavy atom. The quantitative estimate of drug-likeness (QED) is 0.354. The van der Waals surface area contributed by atoms with Crippen LogP contribution < -0.4 is 4.74 Å². The highest BCUT2D eigenvalue weighted by Gasteiger charge is 2.20. The second-order valence-electron chi connectivity index (χ2n) is 3.88. The molecule has 108 valence electrons. The number of methoxy groups -OCH3 is 1. The summed E-state index contributed by atoms with van der Waals surface area (Å²) in [5.74, 6) is -0.337. The van der Waals surface area contributed by atoms with Gasteiger partial charge in [0.1, 0.15) is 5.75 Å². The largest absolute Gasteiger partial charge is 0.482 e. The average molecular weight is 281 g/mol. The first kappa shape index (κ1) is 15.6. The van der Waals surface area contributed by atoms with E-state index in [1.165, 1.54) is 31.4 Å². The Balaban J connectivity index is 3.00. The third-order valence-corrected chi connectivity index (χ3v) is 2.53. The van der Waals surface area contributed by atoms with Crippen LogP contribution in [0.15, 0.2) is 30.9 Å². The third-order valence-electron chi connectivity index (χ3n) is 2.53. The zero-order valence-corrected chi connectivity index (χ0v) is 10.9. The molecule has 7 nitrogen and oxygen atoms in total. The van der Waals surface area contributed by atoms with Crippen molar-refractivity contribution in [1.29, 1.82) is 0 Å². The molecule has 1 aromatic rings. The molecule has 0 amide bonds. The maximum Gasteiger partial charge on any atom is 0.343 e. The number of carbonyl (C=O) groups is 1. The topological polar surface area (TPSA) is 98.9 Å². The number of nitro benzene ring substituents is 1. The first-order valence-electron chi connectivity index (χ1n) is 5.76. The number of rotatable bonds is 7. The Hall–Kier alpha value is -2.41. The number of aliphatic hydroxyl groups excluding tert-OH is 1. The molecule has 0 saturated heterocycles. The molecule has 7 heteroatoms. The maximum absolute atomic E-state index is 11.0. The van der Waals surface area contributed by atoms with Crippen LogP contribution in [0.5, 0.6) is 5.75 Å². The molecular weight excluding hydrogens is 266 g/mol. The summed E-state index contributed by atoms with van der Waals surface area (Å²) >= 11 is 0. The summed E-state index contributed by atoms with van der Waals surface area (Å²) < 4.78 is 9.54. The molecule has 0 heterocycles. The Bertz CT molecular complexity index is 514. The number of hydrogen-bond donors (Lipinski definition) is 1. The number of carbonyl (C=O) groups excluding carboxylic acids is 1. The van der Waals surface area contributed by atoms with E-state index in [4.69, 9.17) is 4.74 Å². The highest BCUT2D eigenvalue weighted by molar-refractivity contribution is 5.70. The second-order valence-corrected chi connectivity index (χ2v) is 3.88. The van der Waals surface area contributed by atoms with Crippen LogP contribution in [0, 0.1) is 10.1 Å². The van der Waals surface area contributed by atoms with Crippen LogP contribution in [0.4, 0.5) is 5.69 Å². The number of esters is 1. The smallest absolute Gasteiger partial charge is 0.343 e. The van der Waals surface area contributed by atoms with Crippen molar-refractivity contribution in [2.24, 2.45) is 0 Å². The van der Waals surface area contributed by atoms with Crippen LogP contribution in [0.25, 0.3) is 0 Å². The van der Waals surface area contributed by atoms with Gasteiger partial charge in [-0.1, -0.05) is 6.08 Å². The Morgan fingerprint density at radius 3 is 2.85 bits per heavy atom. The Kier molecular flexibility index (Phi) is 5.67. The second kappa shape index (κ2) is 7.25. The fourth-order valence-electron chi connectivity index (χ4n) is 1.54. The van der Waals surface area contributed by atoms with Crippen molar-refractivity contribution in [3.8, 4) is 5.75 Å². The van der Waals surface area contributed by atoms with E-state index in [0.717, 1.165) is 0 Å². The lowest BCUT2D eigenvalue weighted by Gasteiger charge is -2.11. The molecule has 0 fully saturated rings. The van der Waals surface area contributed by atoms with Gasteiger partial charge >= 0.3 is 5.97 Å². The summed E-state index contributed by atoms with van der Waals surface area (Å²) in [6.07, 6.45) is 0.562.